The van der Waals surface area contributed by atoms with Crippen LogP contribution in [0, 0.1) is 18.3 Å². The highest BCUT2D eigenvalue weighted by Gasteiger charge is 2.24. The van der Waals surface area contributed by atoms with E-state index in [0.717, 1.165) is 35.4 Å². The number of carbonyl (C=O) groups is 1. The normalized spacial score (nSPS) is 12.5. The van der Waals surface area contributed by atoms with Gasteiger partial charge in [0.25, 0.3) is 5.56 Å². The minimum Gasteiger partial charge on any atom is -0.457 e. The van der Waals surface area contributed by atoms with Crippen LogP contribution in [0.1, 0.15) is 38.6 Å². The van der Waals surface area contributed by atoms with Crippen molar-refractivity contribution in [3.05, 3.63) is 86.3 Å². The lowest BCUT2D eigenvalue weighted by atomic mass is 9.99. The van der Waals surface area contributed by atoms with Gasteiger partial charge in [-0.05, 0) is 41.7 Å². The van der Waals surface area contributed by atoms with Crippen LogP contribution in [0.15, 0.2) is 53.3 Å². The number of esters is 1. The van der Waals surface area contributed by atoms with Crippen LogP contribution in [-0.4, -0.2) is 15.5 Å². The Bertz CT molecular complexity index is 1460. The number of hydrogen-bond acceptors (Lipinski definition) is 6. The van der Waals surface area contributed by atoms with Crippen LogP contribution in [0.2, 0.25) is 0 Å². The third-order valence-electron chi connectivity index (χ3n) is 5.78. The average molecular weight is 442 g/mol. The van der Waals surface area contributed by atoms with Crippen molar-refractivity contribution in [2.45, 2.75) is 32.9 Å². The van der Waals surface area contributed by atoms with Crippen molar-refractivity contribution in [2.75, 3.05) is 0 Å². The highest BCUT2D eigenvalue weighted by atomic mass is 32.1. The molecule has 4 aromatic rings. The van der Waals surface area contributed by atoms with Crippen molar-refractivity contribution in [2.24, 2.45) is 0 Å². The van der Waals surface area contributed by atoms with Crippen LogP contribution in [0.4, 0.5) is 0 Å². The van der Waals surface area contributed by atoms with E-state index in [1.807, 2.05) is 42.5 Å². The fourth-order valence-corrected chi connectivity index (χ4v) is 5.18. The standard InChI is InChI=1S/C25H19N3O3S/c1-15-21-23(27-20-7-4-12-28(20)24(21)29)32-22(15)25(30)31-14-16-8-10-17(11-9-16)19-6-3-2-5-18(19)13-26/h2-3,5-6,8-11H,4,7,12,14H2,1H3. The van der Waals surface area contributed by atoms with Crippen LogP contribution in [0.5, 0.6) is 0 Å². The van der Waals surface area contributed by atoms with Crippen LogP contribution >= 0.6 is 11.3 Å². The molecule has 0 aliphatic carbocycles. The molecule has 0 unspecified atom stereocenters. The zero-order valence-corrected chi connectivity index (χ0v) is 18.2. The van der Waals surface area contributed by atoms with Crippen LogP contribution in [0.25, 0.3) is 21.3 Å². The number of benzene rings is 2. The van der Waals surface area contributed by atoms with Gasteiger partial charge in [0, 0.05) is 13.0 Å². The van der Waals surface area contributed by atoms with E-state index in [-0.39, 0.29) is 12.2 Å². The average Bonchev–Trinajstić information content (AvgIpc) is 3.43. The molecular weight excluding hydrogens is 422 g/mol. The van der Waals surface area contributed by atoms with E-state index < -0.39 is 5.97 Å². The summed E-state index contributed by atoms with van der Waals surface area (Å²) in [5.74, 6) is 0.343. The molecule has 32 heavy (non-hydrogen) atoms. The molecule has 0 atom stereocenters. The number of thiophene rings is 1. The van der Waals surface area contributed by atoms with Gasteiger partial charge in [-0.2, -0.15) is 5.26 Å². The first-order valence-corrected chi connectivity index (χ1v) is 11.2. The summed E-state index contributed by atoms with van der Waals surface area (Å²) in [5.41, 5.74) is 3.82. The highest BCUT2D eigenvalue weighted by Crippen LogP contribution is 2.29. The number of hydrogen-bond donors (Lipinski definition) is 0. The Balaban J connectivity index is 1.35. The molecular formula is C25H19N3O3S. The third kappa shape index (κ3) is 3.39. The summed E-state index contributed by atoms with van der Waals surface area (Å²) < 4.78 is 7.25. The number of nitriles is 1. The van der Waals surface area contributed by atoms with E-state index in [4.69, 9.17) is 4.74 Å². The molecule has 0 spiro atoms. The van der Waals surface area contributed by atoms with Crippen molar-refractivity contribution in [1.29, 1.82) is 5.26 Å². The maximum absolute atomic E-state index is 12.8. The molecule has 3 heterocycles. The maximum Gasteiger partial charge on any atom is 0.349 e. The van der Waals surface area contributed by atoms with Crippen molar-refractivity contribution in [1.82, 2.24) is 9.55 Å². The zero-order valence-electron chi connectivity index (χ0n) is 17.4. The molecule has 2 aromatic heterocycles. The van der Waals surface area contributed by atoms with Gasteiger partial charge < -0.3 is 4.74 Å². The molecule has 0 radical (unpaired) electrons. The van der Waals surface area contributed by atoms with E-state index in [9.17, 15) is 14.9 Å². The summed E-state index contributed by atoms with van der Waals surface area (Å²) in [6, 6.07) is 17.2. The number of nitrogens with zero attached hydrogens (tertiary/aromatic N) is 3. The Labute approximate surface area is 188 Å². The summed E-state index contributed by atoms with van der Waals surface area (Å²) in [7, 11) is 0. The second-order valence-corrected chi connectivity index (χ2v) is 8.75. The topological polar surface area (TPSA) is 85.0 Å². The van der Waals surface area contributed by atoms with Gasteiger partial charge in [-0.25, -0.2) is 9.78 Å². The lowest BCUT2D eigenvalue weighted by Gasteiger charge is -2.07. The molecule has 0 saturated carbocycles. The molecule has 2 aromatic carbocycles. The molecule has 0 saturated heterocycles. The monoisotopic (exact) mass is 441 g/mol. The summed E-state index contributed by atoms with van der Waals surface area (Å²) in [6.45, 7) is 2.58. The molecule has 0 N–H and O–H groups in total. The van der Waals surface area contributed by atoms with E-state index in [1.165, 1.54) is 11.3 Å². The summed E-state index contributed by atoms with van der Waals surface area (Å²) in [6.07, 6.45) is 1.71. The van der Waals surface area contributed by atoms with E-state index in [2.05, 4.69) is 11.1 Å². The van der Waals surface area contributed by atoms with E-state index in [1.54, 1.807) is 17.6 Å². The summed E-state index contributed by atoms with van der Waals surface area (Å²) in [4.78, 5) is 31.2. The van der Waals surface area contributed by atoms with Crippen molar-refractivity contribution in [3.8, 4) is 17.2 Å². The van der Waals surface area contributed by atoms with Crippen LogP contribution in [0.3, 0.4) is 0 Å². The Kier molecular flexibility index (Phi) is 5.08. The SMILES string of the molecule is Cc1c(C(=O)OCc2ccc(-c3ccccc3C#N)cc2)sc2nc3n(c(=O)c12)CCC3. The molecule has 1 aliphatic heterocycles. The van der Waals surface area contributed by atoms with Gasteiger partial charge >= 0.3 is 5.97 Å². The predicted octanol–water partition coefficient (Wildman–Crippen LogP) is 4.61. The summed E-state index contributed by atoms with van der Waals surface area (Å²) in [5, 5.41) is 9.82. The van der Waals surface area contributed by atoms with Gasteiger partial charge in [0.2, 0.25) is 0 Å². The fraction of sp³-hybridized carbons (Fsp3) is 0.200. The number of aryl methyl sites for hydroxylation is 2. The first-order valence-electron chi connectivity index (χ1n) is 10.3. The maximum atomic E-state index is 12.8. The number of rotatable bonds is 4. The van der Waals surface area contributed by atoms with Gasteiger partial charge in [-0.15, -0.1) is 11.3 Å². The van der Waals surface area contributed by atoms with Gasteiger partial charge in [-0.1, -0.05) is 42.5 Å². The number of carbonyl (C=O) groups excluding carboxylic acids is 1. The van der Waals surface area contributed by atoms with Crippen molar-refractivity contribution >= 4 is 27.5 Å². The van der Waals surface area contributed by atoms with Crippen LogP contribution < -0.4 is 5.56 Å². The minimum atomic E-state index is -0.450. The minimum absolute atomic E-state index is 0.0662. The molecule has 0 amide bonds. The van der Waals surface area contributed by atoms with Crippen molar-refractivity contribution in [3.63, 3.8) is 0 Å². The van der Waals surface area contributed by atoms with Crippen LogP contribution in [-0.2, 0) is 24.3 Å². The Hall–Kier alpha value is -3.76. The molecule has 0 fully saturated rings. The van der Waals surface area contributed by atoms with Gasteiger partial charge in [-0.3, -0.25) is 9.36 Å². The highest BCUT2D eigenvalue weighted by molar-refractivity contribution is 7.20. The quantitative estimate of drug-likeness (QED) is 0.432. The number of fused-ring (bicyclic) bond motifs is 2. The fourth-order valence-electron chi connectivity index (χ4n) is 4.10. The molecule has 158 valence electrons. The Morgan fingerprint density at radius 1 is 1.22 bits per heavy atom. The first kappa shape index (κ1) is 20.2. The Morgan fingerprint density at radius 2 is 2.00 bits per heavy atom. The Morgan fingerprint density at radius 3 is 2.78 bits per heavy atom. The predicted molar refractivity (Wildman–Crippen MR) is 123 cm³/mol. The summed E-state index contributed by atoms with van der Waals surface area (Å²) >= 11 is 1.22. The van der Waals surface area contributed by atoms with Gasteiger partial charge in [0.15, 0.2) is 0 Å². The number of ether oxygens (including phenoxy) is 1. The van der Waals surface area contributed by atoms with Gasteiger partial charge in [0.1, 0.15) is 22.1 Å². The van der Waals surface area contributed by atoms with Gasteiger partial charge in [0.05, 0.1) is 17.0 Å². The van der Waals surface area contributed by atoms with Crippen molar-refractivity contribution < 1.29 is 9.53 Å². The zero-order chi connectivity index (χ0) is 22.2. The molecule has 0 bridgehead atoms. The second-order valence-electron chi connectivity index (χ2n) is 7.76. The lowest BCUT2D eigenvalue weighted by molar-refractivity contribution is 0.0478. The van der Waals surface area contributed by atoms with E-state index >= 15 is 0 Å². The number of aromatic nitrogens is 2. The lowest BCUT2D eigenvalue weighted by Crippen LogP contribution is -2.20. The smallest absolute Gasteiger partial charge is 0.349 e. The first-order chi connectivity index (χ1) is 15.6. The molecule has 7 heteroatoms. The molecule has 6 nitrogen and oxygen atoms in total. The molecule has 1 aliphatic rings. The second kappa shape index (κ2) is 8.06. The molecule has 5 rings (SSSR count). The third-order valence-corrected chi connectivity index (χ3v) is 6.95. The van der Waals surface area contributed by atoms with E-state index in [0.29, 0.717) is 32.8 Å². The largest absolute Gasteiger partial charge is 0.457 e.